The first-order valence-corrected chi connectivity index (χ1v) is 4.01. The van der Waals surface area contributed by atoms with Crippen LogP contribution in [0.4, 0.5) is 11.4 Å². The topological polar surface area (TPSA) is 86.8 Å². The van der Waals surface area contributed by atoms with Crippen LogP contribution in [-0.2, 0) is 6.42 Å². The number of benzene rings is 1. The maximum absolute atomic E-state index is 10.4. The Labute approximate surface area is 80.1 Å². The van der Waals surface area contributed by atoms with E-state index >= 15 is 0 Å². The predicted molar refractivity (Wildman–Crippen MR) is 48.5 cm³/mol. The molecule has 0 bridgehead atoms. The molecule has 0 saturated heterocycles. The van der Waals surface area contributed by atoms with E-state index in [4.69, 9.17) is 10.4 Å². The van der Waals surface area contributed by atoms with Crippen molar-refractivity contribution in [2.24, 2.45) is 0 Å². The molecule has 0 aliphatic heterocycles. The van der Waals surface area contributed by atoms with Crippen molar-refractivity contribution in [2.45, 2.75) is 13.3 Å². The smallest absolute Gasteiger partial charge is 0.264 e. The van der Waals surface area contributed by atoms with Gasteiger partial charge in [0.25, 0.3) is 5.69 Å². The number of non-ortho nitro benzene ring substituents is 1. The fourth-order valence-electron chi connectivity index (χ4n) is 1.16. The van der Waals surface area contributed by atoms with Crippen LogP contribution in [0.5, 0.6) is 0 Å². The third-order valence-electron chi connectivity index (χ3n) is 1.87. The minimum atomic E-state index is -0.526. The van der Waals surface area contributed by atoms with E-state index in [0.717, 1.165) is 0 Å². The summed E-state index contributed by atoms with van der Waals surface area (Å²) in [6.07, 6.45) is 0.481. The Morgan fingerprint density at radius 3 is 2.57 bits per heavy atom. The van der Waals surface area contributed by atoms with Crippen LogP contribution < -0.4 is 5.23 Å². The summed E-state index contributed by atoms with van der Waals surface area (Å²) in [6, 6.07) is 3.82. The largest absolute Gasteiger partial charge is 0.269 e. The van der Waals surface area contributed by atoms with Gasteiger partial charge in [0.1, 0.15) is 0 Å². The Balaban J connectivity index is 3.18. The number of nitro benzene ring substituents is 1. The van der Waals surface area contributed by atoms with E-state index in [1.54, 1.807) is 6.92 Å². The van der Waals surface area contributed by atoms with Crippen molar-refractivity contribution in [3.63, 3.8) is 0 Å². The number of rotatable bonds is 3. The second-order valence-corrected chi connectivity index (χ2v) is 2.71. The lowest BCUT2D eigenvalue weighted by Gasteiger charge is -2.11. The zero-order valence-electron chi connectivity index (χ0n) is 7.54. The van der Waals surface area contributed by atoms with Gasteiger partial charge < -0.3 is 0 Å². The van der Waals surface area contributed by atoms with Gasteiger partial charge in [0, 0.05) is 12.1 Å². The van der Waals surface area contributed by atoms with Crippen molar-refractivity contribution < 1.29 is 15.3 Å². The fraction of sp³-hybridized carbons (Fsp3) is 0.250. The molecule has 0 spiro atoms. The molecule has 0 saturated carbocycles. The van der Waals surface area contributed by atoms with Gasteiger partial charge in [-0.15, -0.1) is 5.23 Å². The zero-order valence-corrected chi connectivity index (χ0v) is 7.54. The Morgan fingerprint density at radius 2 is 2.14 bits per heavy atom. The Kier molecular flexibility index (Phi) is 3.00. The number of nitrogens with zero attached hydrogens (tertiary/aromatic N) is 2. The molecule has 0 aliphatic rings. The molecule has 0 unspecified atom stereocenters. The molecule has 6 nitrogen and oxygen atoms in total. The average molecular weight is 198 g/mol. The van der Waals surface area contributed by atoms with Crippen LogP contribution in [0.15, 0.2) is 18.2 Å². The summed E-state index contributed by atoms with van der Waals surface area (Å²) in [5, 5.41) is 27.9. The van der Waals surface area contributed by atoms with E-state index in [9.17, 15) is 10.1 Å². The lowest BCUT2D eigenvalue weighted by molar-refractivity contribution is -0.384. The molecule has 2 N–H and O–H groups in total. The maximum Gasteiger partial charge on any atom is 0.269 e. The standard InChI is InChI=1S/C8H10N2O4/c1-2-6-5-7(9(11)12)3-4-8(6)10(13)14/h3-5,13-14H,2H2,1H3. The molecule has 1 aromatic carbocycles. The summed E-state index contributed by atoms with van der Waals surface area (Å²) < 4.78 is 0. The molecule has 0 aliphatic carbocycles. The summed E-state index contributed by atoms with van der Waals surface area (Å²) in [6.45, 7) is 1.77. The van der Waals surface area contributed by atoms with E-state index < -0.39 is 4.92 Å². The molecule has 0 amide bonds. The lowest BCUT2D eigenvalue weighted by atomic mass is 10.1. The van der Waals surface area contributed by atoms with Gasteiger partial charge in [-0.25, -0.2) is 0 Å². The van der Waals surface area contributed by atoms with Gasteiger partial charge in [0.15, 0.2) is 0 Å². The van der Waals surface area contributed by atoms with E-state index in [1.165, 1.54) is 18.2 Å². The van der Waals surface area contributed by atoms with Crippen LogP contribution in [0.1, 0.15) is 12.5 Å². The highest BCUT2D eigenvalue weighted by Crippen LogP contribution is 2.24. The quantitative estimate of drug-likeness (QED) is 0.570. The third-order valence-corrected chi connectivity index (χ3v) is 1.87. The average Bonchev–Trinajstić information content (AvgIpc) is 2.16. The number of aryl methyl sites for hydroxylation is 1. The van der Waals surface area contributed by atoms with Crippen molar-refractivity contribution in [3.05, 3.63) is 33.9 Å². The first-order chi connectivity index (χ1) is 6.56. The molecule has 14 heavy (non-hydrogen) atoms. The van der Waals surface area contributed by atoms with E-state index in [1.807, 2.05) is 0 Å². The fourth-order valence-corrected chi connectivity index (χ4v) is 1.16. The first kappa shape index (κ1) is 10.4. The van der Waals surface area contributed by atoms with Crippen molar-refractivity contribution in [1.82, 2.24) is 0 Å². The molecule has 0 heterocycles. The Morgan fingerprint density at radius 1 is 1.50 bits per heavy atom. The molecule has 0 fully saturated rings. The van der Waals surface area contributed by atoms with Crippen LogP contribution in [0.2, 0.25) is 0 Å². The predicted octanol–water partition coefficient (Wildman–Crippen LogP) is 1.74. The monoisotopic (exact) mass is 198 g/mol. The number of anilines is 1. The molecule has 0 radical (unpaired) electrons. The Bertz CT molecular complexity index is 351. The van der Waals surface area contributed by atoms with Crippen molar-refractivity contribution >= 4 is 11.4 Å². The lowest BCUT2D eigenvalue weighted by Crippen LogP contribution is -2.13. The van der Waals surface area contributed by atoms with Crippen molar-refractivity contribution in [3.8, 4) is 0 Å². The Hall–Kier alpha value is -1.66. The first-order valence-electron chi connectivity index (χ1n) is 4.01. The maximum atomic E-state index is 10.4. The summed E-state index contributed by atoms with van der Waals surface area (Å²) in [7, 11) is 0. The van der Waals surface area contributed by atoms with Gasteiger partial charge in [-0.1, -0.05) is 6.92 Å². The van der Waals surface area contributed by atoms with Crippen molar-refractivity contribution in [1.29, 1.82) is 0 Å². The van der Waals surface area contributed by atoms with Crippen LogP contribution in [0, 0.1) is 10.1 Å². The second-order valence-electron chi connectivity index (χ2n) is 2.71. The minimum Gasteiger partial charge on any atom is -0.264 e. The summed E-state index contributed by atoms with van der Waals surface area (Å²) in [5.41, 5.74) is 0.592. The van der Waals surface area contributed by atoms with Crippen LogP contribution >= 0.6 is 0 Å². The van der Waals surface area contributed by atoms with Crippen LogP contribution in [0.3, 0.4) is 0 Å². The SMILES string of the molecule is CCc1cc([N+](=O)[O-])ccc1N(O)O. The highest BCUT2D eigenvalue weighted by molar-refractivity contribution is 5.54. The molecule has 0 atom stereocenters. The van der Waals surface area contributed by atoms with Crippen molar-refractivity contribution in [2.75, 3.05) is 5.23 Å². The molecule has 1 rings (SSSR count). The number of hydrogen-bond acceptors (Lipinski definition) is 5. The van der Waals surface area contributed by atoms with Gasteiger partial charge in [0.2, 0.25) is 0 Å². The molecular weight excluding hydrogens is 188 g/mol. The molecule has 1 aromatic rings. The van der Waals surface area contributed by atoms with Gasteiger partial charge in [-0.05, 0) is 18.1 Å². The van der Waals surface area contributed by atoms with E-state index in [2.05, 4.69) is 0 Å². The summed E-state index contributed by atoms with van der Waals surface area (Å²) in [4.78, 5) is 9.89. The van der Waals surface area contributed by atoms with Gasteiger partial charge in [-0.3, -0.25) is 20.5 Å². The summed E-state index contributed by atoms with van der Waals surface area (Å²) >= 11 is 0. The second kappa shape index (κ2) is 4.03. The third kappa shape index (κ3) is 1.98. The minimum absolute atomic E-state index is 0.0391. The van der Waals surface area contributed by atoms with Gasteiger partial charge >= 0.3 is 0 Å². The van der Waals surface area contributed by atoms with Crippen LogP contribution in [-0.4, -0.2) is 15.3 Å². The van der Waals surface area contributed by atoms with Gasteiger partial charge in [-0.2, -0.15) is 0 Å². The van der Waals surface area contributed by atoms with Gasteiger partial charge in [0.05, 0.1) is 10.6 Å². The van der Waals surface area contributed by atoms with Crippen LogP contribution in [0.25, 0.3) is 0 Å². The highest BCUT2D eigenvalue weighted by Gasteiger charge is 2.12. The summed E-state index contributed by atoms with van der Waals surface area (Å²) in [5.74, 6) is 0. The van der Waals surface area contributed by atoms with E-state index in [0.29, 0.717) is 12.0 Å². The number of hydrogen-bond donors (Lipinski definition) is 2. The molecule has 6 heteroatoms. The molecule has 76 valence electrons. The highest BCUT2D eigenvalue weighted by atomic mass is 16.8. The normalized spacial score (nSPS) is 9.93. The van der Waals surface area contributed by atoms with E-state index in [-0.39, 0.29) is 16.6 Å². The molecule has 0 aromatic heterocycles. The molecular formula is C8H10N2O4. The zero-order chi connectivity index (χ0) is 10.7. The number of nitro groups is 1.